The first-order valence-corrected chi connectivity index (χ1v) is 9.08. The van der Waals surface area contributed by atoms with E-state index in [0.29, 0.717) is 13.0 Å². The maximum absolute atomic E-state index is 12.7. The molecule has 2 aromatic rings. The minimum atomic E-state index is -0.0660. The Labute approximate surface area is 158 Å². The van der Waals surface area contributed by atoms with E-state index in [-0.39, 0.29) is 36.4 Å². The smallest absolute Gasteiger partial charge is 0.225 e. The molecule has 2 aromatic heterocycles. The standard InChI is InChI=1S/C17H24N4O2S.ClH/c1-21(17(22)11-5-6-15(23-2)13(18)8-11)10-12-9-14(20-19-12)16-4-3-7-24-16;/h3-4,7,9,11,13,15H,5-6,8,10,18H2,1-2H3,(H,19,20);1H/t11-,13+,15+;/m0./s1. The van der Waals surface area contributed by atoms with E-state index in [1.54, 1.807) is 23.3 Å². The number of nitrogens with one attached hydrogen (secondary N) is 1. The number of aromatic amines is 1. The normalized spacial score (nSPS) is 23.1. The number of carbonyl (C=O) groups excluding carboxylic acids is 1. The van der Waals surface area contributed by atoms with Gasteiger partial charge in [-0.15, -0.1) is 23.7 Å². The van der Waals surface area contributed by atoms with Crippen LogP contribution in [0.25, 0.3) is 10.6 Å². The second kappa shape index (κ2) is 8.80. The number of methoxy groups -OCH3 is 1. The fourth-order valence-electron chi connectivity index (χ4n) is 3.33. The van der Waals surface area contributed by atoms with E-state index in [2.05, 4.69) is 10.2 Å². The molecule has 1 saturated carbocycles. The van der Waals surface area contributed by atoms with Gasteiger partial charge in [-0.2, -0.15) is 5.10 Å². The molecule has 3 N–H and O–H groups in total. The van der Waals surface area contributed by atoms with Gasteiger partial charge in [-0.3, -0.25) is 9.89 Å². The van der Waals surface area contributed by atoms with Gasteiger partial charge in [0.15, 0.2) is 0 Å². The van der Waals surface area contributed by atoms with E-state index in [9.17, 15) is 4.79 Å². The summed E-state index contributed by atoms with van der Waals surface area (Å²) in [7, 11) is 3.52. The summed E-state index contributed by atoms with van der Waals surface area (Å²) in [6, 6.07) is 5.98. The number of amides is 1. The minimum absolute atomic E-state index is 0. The van der Waals surface area contributed by atoms with E-state index in [1.807, 2.05) is 30.6 Å². The van der Waals surface area contributed by atoms with Crippen LogP contribution < -0.4 is 5.73 Å². The first-order chi connectivity index (χ1) is 11.6. The third-order valence-corrected chi connectivity index (χ3v) is 5.57. The van der Waals surface area contributed by atoms with Crippen LogP contribution >= 0.6 is 23.7 Å². The molecule has 0 saturated heterocycles. The van der Waals surface area contributed by atoms with Crippen LogP contribution in [0.2, 0.25) is 0 Å². The van der Waals surface area contributed by atoms with Crippen molar-refractivity contribution < 1.29 is 9.53 Å². The van der Waals surface area contributed by atoms with Crippen LogP contribution in [0.4, 0.5) is 0 Å². The zero-order valence-electron chi connectivity index (χ0n) is 14.5. The third-order valence-electron chi connectivity index (χ3n) is 4.67. The summed E-state index contributed by atoms with van der Waals surface area (Å²) in [5, 5.41) is 9.38. The Bertz CT molecular complexity index is 676. The van der Waals surface area contributed by atoms with Gasteiger partial charge in [-0.25, -0.2) is 0 Å². The van der Waals surface area contributed by atoms with Gasteiger partial charge in [0.05, 0.1) is 23.2 Å². The van der Waals surface area contributed by atoms with E-state index >= 15 is 0 Å². The molecule has 0 radical (unpaired) electrons. The number of ether oxygens (including phenoxy) is 1. The van der Waals surface area contributed by atoms with Crippen molar-refractivity contribution in [1.82, 2.24) is 15.1 Å². The van der Waals surface area contributed by atoms with Crippen molar-refractivity contribution in [3.63, 3.8) is 0 Å². The lowest BCUT2D eigenvalue weighted by Gasteiger charge is -2.34. The summed E-state index contributed by atoms with van der Waals surface area (Å²) < 4.78 is 5.36. The molecule has 1 amide bonds. The van der Waals surface area contributed by atoms with Gasteiger partial charge in [0.1, 0.15) is 5.69 Å². The number of nitrogens with two attached hydrogens (primary N) is 1. The van der Waals surface area contributed by atoms with Gasteiger partial charge in [-0.1, -0.05) is 6.07 Å². The predicted molar refractivity (Wildman–Crippen MR) is 102 cm³/mol. The number of halogens is 1. The van der Waals surface area contributed by atoms with E-state index < -0.39 is 0 Å². The molecule has 138 valence electrons. The van der Waals surface area contributed by atoms with Crippen LogP contribution in [0.15, 0.2) is 23.6 Å². The van der Waals surface area contributed by atoms with Crippen molar-refractivity contribution in [1.29, 1.82) is 0 Å². The van der Waals surface area contributed by atoms with Crippen molar-refractivity contribution in [2.75, 3.05) is 14.2 Å². The fraction of sp³-hybridized carbons (Fsp3) is 0.529. The van der Waals surface area contributed by atoms with Gasteiger partial charge in [0, 0.05) is 26.1 Å². The summed E-state index contributed by atoms with van der Waals surface area (Å²) in [5.41, 5.74) is 7.97. The summed E-state index contributed by atoms with van der Waals surface area (Å²) in [6.07, 6.45) is 2.43. The molecule has 0 bridgehead atoms. The van der Waals surface area contributed by atoms with Gasteiger partial charge in [-0.05, 0) is 36.8 Å². The van der Waals surface area contributed by atoms with Crippen LogP contribution in [0.1, 0.15) is 25.0 Å². The molecule has 3 atom stereocenters. The monoisotopic (exact) mass is 384 g/mol. The number of nitrogens with zero attached hydrogens (tertiary/aromatic N) is 2. The second-order valence-electron chi connectivity index (χ2n) is 6.40. The Balaban J connectivity index is 0.00000225. The SMILES string of the molecule is CO[C@@H]1CC[C@H](C(=O)N(C)Cc2cc(-c3cccs3)n[nH]2)C[C@H]1N.Cl. The lowest BCUT2D eigenvalue weighted by molar-refractivity contribution is -0.137. The summed E-state index contributed by atoms with van der Waals surface area (Å²) in [4.78, 5) is 15.6. The van der Waals surface area contributed by atoms with E-state index in [4.69, 9.17) is 10.5 Å². The molecule has 1 fully saturated rings. The van der Waals surface area contributed by atoms with Crippen LogP contribution in [0.3, 0.4) is 0 Å². The van der Waals surface area contributed by atoms with Crippen molar-refractivity contribution in [2.24, 2.45) is 11.7 Å². The van der Waals surface area contributed by atoms with Crippen LogP contribution in [0.5, 0.6) is 0 Å². The number of aromatic nitrogens is 2. The summed E-state index contributed by atoms with van der Waals surface area (Å²) in [5.74, 6) is 0.128. The average Bonchev–Trinajstić information content (AvgIpc) is 3.25. The second-order valence-corrected chi connectivity index (χ2v) is 7.35. The highest BCUT2D eigenvalue weighted by molar-refractivity contribution is 7.13. The van der Waals surface area contributed by atoms with Crippen molar-refractivity contribution in [3.05, 3.63) is 29.3 Å². The molecule has 1 aliphatic carbocycles. The zero-order chi connectivity index (χ0) is 17.1. The van der Waals surface area contributed by atoms with Gasteiger partial charge >= 0.3 is 0 Å². The molecular weight excluding hydrogens is 360 g/mol. The molecule has 0 aliphatic heterocycles. The molecular formula is C17H25ClN4O2S. The van der Waals surface area contributed by atoms with Gasteiger partial charge in [0.25, 0.3) is 0 Å². The maximum Gasteiger partial charge on any atom is 0.225 e. The number of hydrogen-bond acceptors (Lipinski definition) is 5. The van der Waals surface area contributed by atoms with Crippen LogP contribution in [-0.4, -0.2) is 47.3 Å². The summed E-state index contributed by atoms with van der Waals surface area (Å²) in [6.45, 7) is 0.524. The number of H-pyrrole nitrogens is 1. The lowest BCUT2D eigenvalue weighted by Crippen LogP contribution is -2.45. The Kier molecular flexibility index (Phi) is 7.01. The summed E-state index contributed by atoms with van der Waals surface area (Å²) >= 11 is 1.65. The molecule has 2 heterocycles. The topological polar surface area (TPSA) is 84.2 Å². The average molecular weight is 385 g/mol. The molecule has 0 unspecified atom stereocenters. The first kappa shape index (κ1) is 19.9. The highest BCUT2D eigenvalue weighted by Gasteiger charge is 2.33. The van der Waals surface area contributed by atoms with Crippen LogP contribution in [0, 0.1) is 5.92 Å². The Morgan fingerprint density at radius 2 is 2.32 bits per heavy atom. The molecule has 25 heavy (non-hydrogen) atoms. The molecule has 3 rings (SSSR count). The van der Waals surface area contributed by atoms with Crippen LogP contribution in [-0.2, 0) is 16.1 Å². The van der Waals surface area contributed by atoms with Crippen molar-refractivity contribution in [2.45, 2.75) is 38.0 Å². The Morgan fingerprint density at radius 3 is 2.96 bits per heavy atom. The van der Waals surface area contributed by atoms with Crippen molar-refractivity contribution >= 4 is 29.7 Å². The number of rotatable bonds is 5. The first-order valence-electron chi connectivity index (χ1n) is 8.20. The third kappa shape index (κ3) is 4.61. The molecule has 1 aliphatic rings. The highest BCUT2D eigenvalue weighted by Crippen LogP contribution is 2.27. The largest absolute Gasteiger partial charge is 0.380 e. The lowest BCUT2D eigenvalue weighted by atomic mass is 9.83. The Morgan fingerprint density at radius 1 is 1.52 bits per heavy atom. The molecule has 0 aromatic carbocycles. The number of carbonyl (C=O) groups is 1. The number of thiophene rings is 1. The van der Waals surface area contributed by atoms with E-state index in [0.717, 1.165) is 29.1 Å². The molecule has 6 nitrogen and oxygen atoms in total. The van der Waals surface area contributed by atoms with Crippen molar-refractivity contribution in [3.8, 4) is 10.6 Å². The fourth-order valence-corrected chi connectivity index (χ4v) is 4.02. The maximum atomic E-state index is 12.7. The Hall–Kier alpha value is -1.41. The predicted octanol–water partition coefficient (Wildman–Crippen LogP) is 2.66. The quantitative estimate of drug-likeness (QED) is 0.829. The molecule has 8 heteroatoms. The minimum Gasteiger partial charge on any atom is -0.380 e. The molecule has 0 spiro atoms. The van der Waals surface area contributed by atoms with Gasteiger partial charge < -0.3 is 15.4 Å². The highest BCUT2D eigenvalue weighted by atomic mass is 35.5. The van der Waals surface area contributed by atoms with E-state index in [1.165, 1.54) is 0 Å². The zero-order valence-corrected chi connectivity index (χ0v) is 16.1. The number of hydrogen-bond donors (Lipinski definition) is 2. The van der Waals surface area contributed by atoms with Gasteiger partial charge in [0.2, 0.25) is 5.91 Å².